The van der Waals surface area contributed by atoms with Crippen LogP contribution >= 0.6 is 23.5 Å². The van der Waals surface area contributed by atoms with Crippen molar-refractivity contribution in [2.75, 3.05) is 11.9 Å². The van der Waals surface area contributed by atoms with Crippen molar-refractivity contribution >= 4 is 35.1 Å². The zero-order chi connectivity index (χ0) is 22.4. The summed E-state index contributed by atoms with van der Waals surface area (Å²) in [5.74, 6) is 0.375. The Morgan fingerprint density at radius 3 is 2.74 bits per heavy atom. The number of nitriles is 1. The van der Waals surface area contributed by atoms with Crippen LogP contribution in [0.4, 0.5) is 5.69 Å². The van der Waals surface area contributed by atoms with Gasteiger partial charge in [-0.2, -0.15) is 5.26 Å². The van der Waals surface area contributed by atoms with Gasteiger partial charge in [-0.1, -0.05) is 11.6 Å². The van der Waals surface area contributed by atoms with E-state index < -0.39 is 0 Å². The molecule has 0 aliphatic heterocycles. The first kappa shape index (κ1) is 22.4. The van der Waals surface area contributed by atoms with E-state index >= 15 is 0 Å². The highest BCUT2D eigenvalue weighted by Crippen LogP contribution is 2.31. The second kappa shape index (κ2) is 10.1. The molecule has 1 aromatic carbocycles. The summed E-state index contributed by atoms with van der Waals surface area (Å²) >= 11 is 7.06. The van der Waals surface area contributed by atoms with E-state index in [9.17, 15) is 4.79 Å². The molecular formula is C21H18ClN5O3S. The minimum Gasteiger partial charge on any atom is -0.478 e. The van der Waals surface area contributed by atoms with Crippen molar-refractivity contribution in [1.82, 2.24) is 9.97 Å². The maximum absolute atomic E-state index is 12.3. The molecule has 10 heteroatoms. The van der Waals surface area contributed by atoms with Crippen LogP contribution in [0, 0.1) is 25.2 Å². The Kier molecular flexibility index (Phi) is 7.31. The third-order valence-corrected chi connectivity index (χ3v) is 4.68. The Labute approximate surface area is 188 Å². The largest absolute Gasteiger partial charge is 0.478 e. The molecular weight excluding hydrogens is 438 g/mol. The lowest BCUT2D eigenvalue weighted by atomic mass is 10.2. The van der Waals surface area contributed by atoms with E-state index in [0.29, 0.717) is 38.4 Å². The number of ether oxygens (including phenoxy) is 2. The van der Waals surface area contributed by atoms with Crippen molar-refractivity contribution in [3.05, 3.63) is 64.4 Å². The molecule has 2 aromatic heterocycles. The number of hydrogen-bond acceptors (Lipinski definition) is 8. The molecule has 0 saturated carbocycles. The fourth-order valence-corrected chi connectivity index (χ4v) is 3.13. The van der Waals surface area contributed by atoms with Crippen molar-refractivity contribution in [3.8, 4) is 23.4 Å². The van der Waals surface area contributed by atoms with Crippen LogP contribution in [-0.4, -0.2) is 22.5 Å². The highest BCUT2D eigenvalue weighted by atomic mass is 35.5. The fraction of sp³-hybridized carbons (Fsp3) is 0.143. The lowest BCUT2D eigenvalue weighted by Crippen LogP contribution is -2.21. The molecule has 3 aromatic rings. The predicted octanol–water partition coefficient (Wildman–Crippen LogP) is 4.39. The van der Waals surface area contributed by atoms with Gasteiger partial charge in [0.1, 0.15) is 10.8 Å². The number of aromatic nitrogens is 2. The van der Waals surface area contributed by atoms with Gasteiger partial charge in [0, 0.05) is 10.7 Å². The molecule has 0 saturated heterocycles. The number of nitrogens with one attached hydrogen (secondary N) is 1. The van der Waals surface area contributed by atoms with Gasteiger partial charge >= 0.3 is 0 Å². The molecule has 0 aliphatic carbocycles. The summed E-state index contributed by atoms with van der Waals surface area (Å²) in [6.45, 7) is 3.29. The molecule has 3 N–H and O–H groups in total. The van der Waals surface area contributed by atoms with Crippen LogP contribution in [0.25, 0.3) is 0 Å². The molecule has 1 amide bonds. The number of carbonyl (C=O) groups excluding carboxylic acids is 1. The summed E-state index contributed by atoms with van der Waals surface area (Å²) in [5, 5.41) is 18.3. The molecule has 8 nitrogen and oxygen atoms in total. The highest BCUT2D eigenvalue weighted by Gasteiger charge is 2.13. The molecule has 2 heterocycles. The number of halogens is 1. The molecule has 0 radical (unpaired) electrons. The van der Waals surface area contributed by atoms with E-state index in [-0.39, 0.29) is 24.1 Å². The van der Waals surface area contributed by atoms with Gasteiger partial charge in [-0.3, -0.25) is 9.93 Å². The summed E-state index contributed by atoms with van der Waals surface area (Å²) in [7, 11) is 0. The maximum Gasteiger partial charge on any atom is 0.262 e. The fourth-order valence-electron chi connectivity index (χ4n) is 2.57. The van der Waals surface area contributed by atoms with Crippen LogP contribution in [-0.2, 0) is 4.79 Å². The minimum absolute atomic E-state index is 0.154. The van der Waals surface area contributed by atoms with Crippen molar-refractivity contribution < 1.29 is 14.3 Å². The van der Waals surface area contributed by atoms with Crippen LogP contribution in [0.15, 0.2) is 47.5 Å². The Hall–Kier alpha value is -3.32. The van der Waals surface area contributed by atoms with E-state index in [1.807, 2.05) is 6.07 Å². The first-order valence-electron chi connectivity index (χ1n) is 9.01. The normalized spacial score (nSPS) is 10.3. The standard InChI is InChI=1S/C21H18ClN5O3S/c1-12-3-5-18(21(25-12)30-16-8-14(10-23)7-15(22)9-16)29-11-19(28)27-17-4-6-20(31-24)26-13(17)2/h3-9H,11,24H2,1-2H3,(H,27,28). The van der Waals surface area contributed by atoms with Crippen LogP contribution in [0.5, 0.6) is 17.4 Å². The lowest BCUT2D eigenvalue weighted by molar-refractivity contribution is -0.118. The van der Waals surface area contributed by atoms with Crippen LogP contribution in [0.2, 0.25) is 5.02 Å². The summed E-state index contributed by atoms with van der Waals surface area (Å²) in [4.78, 5) is 20.9. The quantitative estimate of drug-likeness (QED) is 0.502. The third kappa shape index (κ3) is 6.08. The summed E-state index contributed by atoms with van der Waals surface area (Å²) in [6, 6.07) is 13.5. The van der Waals surface area contributed by atoms with Gasteiger partial charge in [0.25, 0.3) is 11.8 Å². The number of amides is 1. The molecule has 0 aliphatic rings. The van der Waals surface area contributed by atoms with Crippen molar-refractivity contribution in [2.24, 2.45) is 5.14 Å². The topological polar surface area (TPSA) is 123 Å². The number of hydrogen-bond donors (Lipinski definition) is 2. The van der Waals surface area contributed by atoms with E-state index in [0.717, 1.165) is 11.9 Å². The van der Waals surface area contributed by atoms with Gasteiger partial charge in [-0.05, 0) is 68.3 Å². The van der Waals surface area contributed by atoms with E-state index in [4.69, 9.17) is 31.5 Å². The van der Waals surface area contributed by atoms with E-state index in [2.05, 4.69) is 15.3 Å². The van der Waals surface area contributed by atoms with Gasteiger partial charge in [-0.15, -0.1) is 0 Å². The minimum atomic E-state index is -0.376. The predicted molar refractivity (Wildman–Crippen MR) is 118 cm³/mol. The molecule has 158 valence electrons. The number of anilines is 1. The number of benzene rings is 1. The lowest BCUT2D eigenvalue weighted by Gasteiger charge is -2.13. The van der Waals surface area contributed by atoms with Crippen LogP contribution in [0.3, 0.4) is 0 Å². The monoisotopic (exact) mass is 455 g/mol. The molecule has 0 spiro atoms. The van der Waals surface area contributed by atoms with Gasteiger partial charge in [-0.25, -0.2) is 9.97 Å². The first-order valence-corrected chi connectivity index (χ1v) is 10.3. The van der Waals surface area contributed by atoms with Gasteiger partial charge < -0.3 is 14.8 Å². The second-order valence-corrected chi connectivity index (χ2v) is 7.47. The van der Waals surface area contributed by atoms with E-state index in [1.54, 1.807) is 44.2 Å². The van der Waals surface area contributed by atoms with E-state index in [1.165, 1.54) is 12.1 Å². The smallest absolute Gasteiger partial charge is 0.262 e. The average Bonchev–Trinajstić information content (AvgIpc) is 2.74. The summed E-state index contributed by atoms with van der Waals surface area (Å²) < 4.78 is 11.4. The van der Waals surface area contributed by atoms with Crippen LogP contribution < -0.4 is 19.9 Å². The number of pyridine rings is 2. The molecule has 31 heavy (non-hydrogen) atoms. The van der Waals surface area contributed by atoms with Gasteiger partial charge in [0.2, 0.25) is 0 Å². The second-order valence-electron chi connectivity index (χ2n) is 6.38. The Morgan fingerprint density at radius 1 is 1.23 bits per heavy atom. The van der Waals surface area contributed by atoms with Crippen molar-refractivity contribution in [2.45, 2.75) is 18.9 Å². The summed E-state index contributed by atoms with van der Waals surface area (Å²) in [6.07, 6.45) is 0. The van der Waals surface area contributed by atoms with Crippen molar-refractivity contribution in [3.63, 3.8) is 0 Å². The number of rotatable bonds is 7. The maximum atomic E-state index is 12.3. The Bertz CT molecular complexity index is 1170. The number of nitrogens with zero attached hydrogens (tertiary/aromatic N) is 3. The van der Waals surface area contributed by atoms with Gasteiger partial charge in [0.05, 0.1) is 23.0 Å². The molecule has 0 unspecified atom stereocenters. The summed E-state index contributed by atoms with van der Waals surface area (Å²) in [5.41, 5.74) is 2.24. The number of nitrogens with two attached hydrogens (primary N) is 1. The molecule has 0 atom stereocenters. The Morgan fingerprint density at radius 2 is 2.03 bits per heavy atom. The zero-order valence-corrected chi connectivity index (χ0v) is 18.3. The number of carbonyl (C=O) groups is 1. The van der Waals surface area contributed by atoms with Gasteiger partial charge in [0.15, 0.2) is 12.4 Å². The number of aryl methyl sites for hydroxylation is 2. The molecule has 0 bridgehead atoms. The zero-order valence-electron chi connectivity index (χ0n) is 16.7. The third-order valence-electron chi connectivity index (χ3n) is 3.99. The highest BCUT2D eigenvalue weighted by molar-refractivity contribution is 7.97. The average molecular weight is 456 g/mol. The first-order chi connectivity index (χ1) is 14.9. The SMILES string of the molecule is Cc1ccc(OCC(=O)Nc2ccc(SN)nc2C)c(Oc2cc(Cl)cc(C#N)c2)n1. The molecule has 3 rings (SSSR count). The van der Waals surface area contributed by atoms with Crippen LogP contribution in [0.1, 0.15) is 17.0 Å². The Balaban J connectivity index is 1.72. The van der Waals surface area contributed by atoms with Crippen molar-refractivity contribution in [1.29, 1.82) is 5.26 Å². The molecule has 0 fully saturated rings.